The van der Waals surface area contributed by atoms with Gasteiger partial charge < -0.3 is 21.1 Å². The average Bonchev–Trinajstić information content (AvgIpc) is 2.90. The lowest BCUT2D eigenvalue weighted by molar-refractivity contribution is -0.120. The van der Waals surface area contributed by atoms with E-state index in [0.717, 1.165) is 25.9 Å². The lowest BCUT2D eigenvalue weighted by Gasteiger charge is -2.22. The minimum Gasteiger partial charge on any atom is -0.454 e. The number of amides is 2. The highest BCUT2D eigenvalue weighted by atomic mass is 35.5. The number of carbonyl (C=O) groups is 2. The van der Waals surface area contributed by atoms with Gasteiger partial charge in [-0.1, -0.05) is 35.3 Å². The van der Waals surface area contributed by atoms with Crippen LogP contribution in [0.1, 0.15) is 28.8 Å². The first kappa shape index (κ1) is 28.7. The maximum atomic E-state index is 13.5. The molecule has 3 aromatic rings. The smallest absolute Gasteiger partial charge is 0.262 e. The van der Waals surface area contributed by atoms with Crippen molar-refractivity contribution in [1.82, 2.24) is 10.6 Å². The van der Waals surface area contributed by atoms with Gasteiger partial charge in [-0.25, -0.2) is 8.42 Å². The largest absolute Gasteiger partial charge is 0.454 e. The van der Waals surface area contributed by atoms with Crippen molar-refractivity contribution in [3.63, 3.8) is 0 Å². The fraction of sp³-hybridized carbons (Fsp3) is 0.259. The Balaban J connectivity index is 1.58. The summed E-state index contributed by atoms with van der Waals surface area (Å²) in [4.78, 5) is 24.4. The molecule has 4 rings (SSSR count). The number of benzene rings is 3. The van der Waals surface area contributed by atoms with Crippen molar-refractivity contribution >= 4 is 50.7 Å². The van der Waals surface area contributed by atoms with E-state index in [0.29, 0.717) is 17.5 Å². The number of para-hydroxylation sites is 2. The van der Waals surface area contributed by atoms with Gasteiger partial charge in [0.2, 0.25) is 11.8 Å². The maximum Gasteiger partial charge on any atom is 0.262 e. The van der Waals surface area contributed by atoms with Gasteiger partial charge >= 0.3 is 0 Å². The zero-order chi connectivity index (χ0) is 28.0. The second-order valence-electron chi connectivity index (χ2n) is 9.14. The van der Waals surface area contributed by atoms with Crippen LogP contribution in [0.5, 0.6) is 11.5 Å². The van der Waals surface area contributed by atoms with E-state index < -0.39 is 15.9 Å². The zero-order valence-corrected chi connectivity index (χ0v) is 23.2. The normalized spacial score (nSPS) is 14.0. The van der Waals surface area contributed by atoms with Gasteiger partial charge in [0.1, 0.15) is 5.75 Å². The molecule has 0 radical (unpaired) electrons. The highest BCUT2D eigenvalue weighted by Gasteiger charge is 2.24. The van der Waals surface area contributed by atoms with Gasteiger partial charge in [0.25, 0.3) is 10.0 Å². The number of halogens is 2. The van der Waals surface area contributed by atoms with Crippen molar-refractivity contribution < 1.29 is 22.7 Å². The third-order valence-corrected chi connectivity index (χ3v) is 8.27. The Kier molecular flexibility index (Phi) is 9.34. The van der Waals surface area contributed by atoms with Crippen molar-refractivity contribution in [2.75, 3.05) is 24.4 Å². The second-order valence-corrected chi connectivity index (χ2v) is 11.6. The molecule has 39 heavy (non-hydrogen) atoms. The quantitative estimate of drug-likeness (QED) is 0.277. The average molecular weight is 592 g/mol. The van der Waals surface area contributed by atoms with E-state index in [9.17, 15) is 18.0 Å². The summed E-state index contributed by atoms with van der Waals surface area (Å²) in [7, 11) is -4.22. The summed E-state index contributed by atoms with van der Waals surface area (Å²) in [6.45, 7) is 2.28. The zero-order valence-electron chi connectivity index (χ0n) is 20.9. The van der Waals surface area contributed by atoms with E-state index in [-0.39, 0.29) is 50.6 Å². The molecule has 0 bridgehead atoms. The molecule has 0 unspecified atom stereocenters. The van der Waals surface area contributed by atoms with Gasteiger partial charge in [-0.15, -0.1) is 0 Å². The number of piperidine rings is 1. The Morgan fingerprint density at radius 3 is 2.46 bits per heavy atom. The third kappa shape index (κ3) is 7.63. The number of primary amides is 1. The molecule has 2 amide bonds. The molecule has 3 aromatic carbocycles. The molecule has 5 N–H and O–H groups in total. The van der Waals surface area contributed by atoms with Crippen LogP contribution >= 0.6 is 23.2 Å². The number of nitrogens with two attached hydrogens (primary N) is 1. The first-order chi connectivity index (χ1) is 18.6. The minimum atomic E-state index is -4.22. The Hall–Kier alpha value is -3.31. The van der Waals surface area contributed by atoms with Gasteiger partial charge in [0.05, 0.1) is 22.0 Å². The van der Waals surface area contributed by atoms with E-state index in [4.69, 9.17) is 33.7 Å². The summed E-state index contributed by atoms with van der Waals surface area (Å²) in [5.74, 6) is -0.262. The first-order valence-electron chi connectivity index (χ1n) is 12.3. The molecule has 1 saturated heterocycles. The van der Waals surface area contributed by atoms with Crippen molar-refractivity contribution in [2.24, 2.45) is 11.7 Å². The highest BCUT2D eigenvalue weighted by Crippen LogP contribution is 2.36. The topological polar surface area (TPSA) is 140 Å². The van der Waals surface area contributed by atoms with Crippen LogP contribution < -0.4 is 25.8 Å². The predicted octanol–water partition coefficient (Wildman–Crippen LogP) is 4.34. The van der Waals surface area contributed by atoms with Crippen LogP contribution in [0.3, 0.4) is 0 Å². The summed E-state index contributed by atoms with van der Waals surface area (Å²) >= 11 is 12.2. The molecule has 1 aliphatic heterocycles. The van der Waals surface area contributed by atoms with E-state index in [1.54, 1.807) is 30.3 Å². The molecule has 0 saturated carbocycles. The number of carbonyl (C=O) groups excluding carboxylic acids is 2. The van der Waals surface area contributed by atoms with Crippen LogP contribution in [0, 0.1) is 5.92 Å². The molecular weight excluding hydrogens is 563 g/mol. The minimum absolute atomic E-state index is 0.0937. The number of hydrogen-bond acceptors (Lipinski definition) is 6. The van der Waals surface area contributed by atoms with E-state index in [1.807, 2.05) is 0 Å². The molecule has 1 aliphatic rings. The van der Waals surface area contributed by atoms with E-state index in [1.165, 1.54) is 30.3 Å². The maximum absolute atomic E-state index is 13.5. The van der Waals surface area contributed by atoms with Crippen molar-refractivity contribution in [1.29, 1.82) is 0 Å². The summed E-state index contributed by atoms with van der Waals surface area (Å²) in [6, 6.07) is 15.0. The van der Waals surface area contributed by atoms with Crippen LogP contribution in [0.4, 0.5) is 5.69 Å². The molecule has 0 aromatic heterocycles. The summed E-state index contributed by atoms with van der Waals surface area (Å²) in [6.07, 6.45) is 1.65. The fourth-order valence-electron chi connectivity index (χ4n) is 4.23. The van der Waals surface area contributed by atoms with Crippen LogP contribution in [0.15, 0.2) is 65.6 Å². The molecule has 1 fully saturated rings. The molecule has 0 aliphatic carbocycles. The lowest BCUT2D eigenvalue weighted by atomic mass is 9.98. The monoisotopic (exact) mass is 590 g/mol. The van der Waals surface area contributed by atoms with Gasteiger partial charge in [0.15, 0.2) is 5.75 Å². The predicted molar refractivity (Wildman–Crippen MR) is 151 cm³/mol. The summed E-state index contributed by atoms with van der Waals surface area (Å²) < 4.78 is 35.5. The van der Waals surface area contributed by atoms with Crippen molar-refractivity contribution in [3.8, 4) is 11.5 Å². The molecule has 1 heterocycles. The third-order valence-electron chi connectivity index (χ3n) is 6.28. The number of anilines is 1. The van der Waals surface area contributed by atoms with Gasteiger partial charge in [-0.3, -0.25) is 14.3 Å². The second kappa shape index (κ2) is 12.7. The Morgan fingerprint density at radius 2 is 1.74 bits per heavy atom. The van der Waals surface area contributed by atoms with Crippen LogP contribution in [-0.4, -0.2) is 39.9 Å². The summed E-state index contributed by atoms with van der Waals surface area (Å²) in [5, 5.41) is 6.83. The standard InChI is InChI=1S/C27H28Cl2N4O5S/c28-20-6-7-23(21(29)15-20)38-24-4-2-1-3-22(24)33-39(36,37)25-8-5-18(27(30)35)13-19(25)14-26(34)32-16-17-9-11-31-12-10-17/h1-8,13,15,17,31,33H,9-12,14,16H2,(H2,30,35)(H,32,34). The number of rotatable bonds is 10. The van der Waals surface area contributed by atoms with Gasteiger partial charge in [-0.05, 0) is 85.9 Å². The van der Waals surface area contributed by atoms with Crippen LogP contribution in [-0.2, 0) is 21.2 Å². The van der Waals surface area contributed by atoms with Crippen molar-refractivity contribution in [2.45, 2.75) is 24.2 Å². The number of hydrogen-bond donors (Lipinski definition) is 4. The molecular formula is C27H28Cl2N4O5S. The lowest BCUT2D eigenvalue weighted by Crippen LogP contribution is -2.36. The van der Waals surface area contributed by atoms with Gasteiger partial charge in [-0.2, -0.15) is 0 Å². The molecule has 9 nitrogen and oxygen atoms in total. The molecule has 206 valence electrons. The van der Waals surface area contributed by atoms with Crippen LogP contribution in [0.2, 0.25) is 10.0 Å². The molecule has 0 spiro atoms. The molecule has 0 atom stereocenters. The number of ether oxygens (including phenoxy) is 1. The Labute approximate surface area is 237 Å². The Morgan fingerprint density at radius 1 is 1.00 bits per heavy atom. The van der Waals surface area contributed by atoms with E-state index >= 15 is 0 Å². The highest BCUT2D eigenvalue weighted by molar-refractivity contribution is 7.92. The fourth-order valence-corrected chi connectivity index (χ4v) is 5.97. The summed E-state index contributed by atoms with van der Waals surface area (Å²) in [5.41, 5.74) is 5.80. The number of sulfonamides is 1. The number of nitrogens with one attached hydrogen (secondary N) is 3. The molecule has 12 heteroatoms. The van der Waals surface area contributed by atoms with Crippen LogP contribution in [0.25, 0.3) is 0 Å². The SMILES string of the molecule is NC(=O)c1ccc(S(=O)(=O)Nc2ccccc2Oc2ccc(Cl)cc2Cl)c(CC(=O)NCC2CCNCC2)c1. The van der Waals surface area contributed by atoms with Gasteiger partial charge in [0, 0.05) is 17.1 Å². The van der Waals surface area contributed by atoms with E-state index in [2.05, 4.69) is 15.4 Å². The first-order valence-corrected chi connectivity index (χ1v) is 14.5. The Bertz CT molecular complexity index is 1480. The van der Waals surface area contributed by atoms with Crippen molar-refractivity contribution in [3.05, 3.63) is 81.8 Å².